The summed E-state index contributed by atoms with van der Waals surface area (Å²) in [5.41, 5.74) is 8.18. The quantitative estimate of drug-likeness (QED) is 0.593. The van der Waals surface area contributed by atoms with Gasteiger partial charge in [-0.1, -0.05) is 0 Å². The van der Waals surface area contributed by atoms with E-state index in [1.807, 2.05) is 12.3 Å². The van der Waals surface area contributed by atoms with Gasteiger partial charge in [-0.3, -0.25) is 4.98 Å². The zero-order valence-corrected chi connectivity index (χ0v) is 10.5. The van der Waals surface area contributed by atoms with Gasteiger partial charge in [0.2, 0.25) is 0 Å². The molecule has 1 heterocycles. The fraction of sp³-hybridized carbons (Fsp3) is 0.615. The second-order valence-corrected chi connectivity index (χ2v) is 4.26. The van der Waals surface area contributed by atoms with Gasteiger partial charge in [-0.2, -0.15) is 0 Å². The molecule has 0 aliphatic rings. The lowest BCUT2D eigenvalue weighted by atomic mass is 10.0. The maximum Gasteiger partial charge on any atom is 0.0462 e. The fourth-order valence-corrected chi connectivity index (χ4v) is 1.85. The maximum absolute atomic E-state index is 8.69. The van der Waals surface area contributed by atoms with Crippen LogP contribution in [0.3, 0.4) is 0 Å². The van der Waals surface area contributed by atoms with Crippen LogP contribution in [0.2, 0.25) is 0 Å². The molecular formula is C13H23N3O. The first-order chi connectivity index (χ1) is 8.29. The molecule has 96 valence electrons. The van der Waals surface area contributed by atoms with Crippen LogP contribution >= 0.6 is 0 Å². The lowest BCUT2D eigenvalue weighted by Crippen LogP contribution is -2.29. The predicted molar refractivity (Wildman–Crippen MR) is 69.7 cm³/mol. The third-order valence-corrected chi connectivity index (χ3v) is 2.92. The average Bonchev–Trinajstić information content (AvgIpc) is 2.35. The van der Waals surface area contributed by atoms with E-state index < -0.39 is 0 Å². The highest BCUT2D eigenvalue weighted by Crippen LogP contribution is 2.14. The highest BCUT2D eigenvalue weighted by atomic mass is 16.2. The average molecular weight is 237 g/mol. The Hall–Kier alpha value is -0.970. The minimum absolute atomic E-state index is 0.179. The Balaban J connectivity index is 2.41. The van der Waals surface area contributed by atoms with E-state index in [1.165, 1.54) is 11.1 Å². The van der Waals surface area contributed by atoms with Crippen molar-refractivity contribution in [2.45, 2.75) is 32.2 Å². The summed E-state index contributed by atoms with van der Waals surface area (Å²) in [4.78, 5) is 4.14. The molecule has 0 aromatic carbocycles. The predicted octanol–water partition coefficient (Wildman–Crippen LogP) is 1.14. The van der Waals surface area contributed by atoms with Gasteiger partial charge < -0.3 is 16.2 Å². The van der Waals surface area contributed by atoms with E-state index >= 15 is 0 Å². The summed E-state index contributed by atoms with van der Waals surface area (Å²) < 4.78 is 0. The maximum atomic E-state index is 8.69. The number of aliphatic hydroxyl groups excluding tert-OH is 1. The van der Waals surface area contributed by atoms with Crippen molar-refractivity contribution < 1.29 is 5.11 Å². The van der Waals surface area contributed by atoms with Crippen LogP contribution in [0.25, 0.3) is 0 Å². The summed E-state index contributed by atoms with van der Waals surface area (Å²) in [6.45, 7) is 3.86. The standard InChI is InChI=1S/C13H23N3O/c1-11-5-7-15-10-12(11)13(9-14)16-6-3-2-4-8-17/h5,7,10,13,16-17H,2-4,6,8-9,14H2,1H3. The van der Waals surface area contributed by atoms with Crippen LogP contribution in [0.5, 0.6) is 0 Å². The van der Waals surface area contributed by atoms with Gasteiger partial charge in [-0.05, 0) is 49.9 Å². The van der Waals surface area contributed by atoms with E-state index in [9.17, 15) is 0 Å². The van der Waals surface area contributed by atoms with Crippen LogP contribution in [0.4, 0.5) is 0 Å². The molecule has 1 rings (SSSR count). The molecule has 1 aromatic heterocycles. The molecule has 0 saturated heterocycles. The van der Waals surface area contributed by atoms with Crippen molar-refractivity contribution in [3.05, 3.63) is 29.6 Å². The van der Waals surface area contributed by atoms with Crippen molar-refractivity contribution in [2.24, 2.45) is 5.73 Å². The van der Waals surface area contributed by atoms with E-state index in [2.05, 4.69) is 17.2 Å². The van der Waals surface area contributed by atoms with Gasteiger partial charge in [-0.15, -0.1) is 0 Å². The third-order valence-electron chi connectivity index (χ3n) is 2.92. The van der Waals surface area contributed by atoms with Crippen molar-refractivity contribution in [2.75, 3.05) is 19.7 Å². The monoisotopic (exact) mass is 237 g/mol. The van der Waals surface area contributed by atoms with Crippen LogP contribution in [-0.2, 0) is 0 Å². The van der Waals surface area contributed by atoms with E-state index in [0.29, 0.717) is 6.54 Å². The van der Waals surface area contributed by atoms with Crippen molar-refractivity contribution in [1.29, 1.82) is 0 Å². The van der Waals surface area contributed by atoms with Gasteiger partial charge in [-0.25, -0.2) is 0 Å². The molecule has 0 fully saturated rings. The summed E-state index contributed by atoms with van der Waals surface area (Å²) in [6, 6.07) is 2.18. The number of hydrogen-bond donors (Lipinski definition) is 3. The zero-order chi connectivity index (χ0) is 12.5. The van der Waals surface area contributed by atoms with Crippen molar-refractivity contribution in [3.8, 4) is 0 Å². The van der Waals surface area contributed by atoms with Gasteiger partial charge in [0.05, 0.1) is 0 Å². The van der Waals surface area contributed by atoms with Crippen molar-refractivity contribution in [1.82, 2.24) is 10.3 Å². The van der Waals surface area contributed by atoms with Gasteiger partial charge in [0.1, 0.15) is 0 Å². The number of pyridine rings is 1. The highest BCUT2D eigenvalue weighted by Gasteiger charge is 2.10. The summed E-state index contributed by atoms with van der Waals surface area (Å²) >= 11 is 0. The Bertz CT molecular complexity index is 317. The van der Waals surface area contributed by atoms with E-state index in [0.717, 1.165) is 25.8 Å². The second-order valence-electron chi connectivity index (χ2n) is 4.26. The van der Waals surface area contributed by atoms with Gasteiger partial charge in [0.25, 0.3) is 0 Å². The number of nitrogens with zero attached hydrogens (tertiary/aromatic N) is 1. The topological polar surface area (TPSA) is 71.2 Å². The number of aromatic nitrogens is 1. The lowest BCUT2D eigenvalue weighted by molar-refractivity contribution is 0.282. The van der Waals surface area contributed by atoms with Gasteiger partial charge in [0, 0.05) is 31.6 Å². The van der Waals surface area contributed by atoms with Crippen LogP contribution in [0.15, 0.2) is 18.5 Å². The molecule has 4 N–H and O–H groups in total. The van der Waals surface area contributed by atoms with Crippen LogP contribution in [0.1, 0.15) is 36.4 Å². The summed E-state index contributed by atoms with van der Waals surface area (Å²) in [7, 11) is 0. The minimum Gasteiger partial charge on any atom is -0.396 e. The number of hydrogen-bond acceptors (Lipinski definition) is 4. The lowest BCUT2D eigenvalue weighted by Gasteiger charge is -2.18. The molecule has 0 saturated carbocycles. The summed E-state index contributed by atoms with van der Waals surface area (Å²) in [5.74, 6) is 0. The Morgan fingerprint density at radius 3 is 2.88 bits per heavy atom. The third kappa shape index (κ3) is 4.81. The van der Waals surface area contributed by atoms with E-state index in [1.54, 1.807) is 6.20 Å². The zero-order valence-electron chi connectivity index (χ0n) is 10.5. The second kappa shape index (κ2) is 8.17. The molecule has 1 aromatic rings. The first kappa shape index (κ1) is 14.1. The smallest absolute Gasteiger partial charge is 0.0462 e. The number of aryl methyl sites for hydroxylation is 1. The molecule has 1 unspecified atom stereocenters. The number of rotatable bonds is 8. The molecular weight excluding hydrogens is 214 g/mol. The van der Waals surface area contributed by atoms with Crippen LogP contribution < -0.4 is 11.1 Å². The molecule has 1 atom stereocenters. The summed E-state index contributed by atoms with van der Waals surface area (Å²) in [6.07, 6.45) is 6.67. The fourth-order valence-electron chi connectivity index (χ4n) is 1.85. The molecule has 0 spiro atoms. The SMILES string of the molecule is Cc1ccncc1C(CN)NCCCCCO. The Kier molecular flexibility index (Phi) is 6.77. The summed E-state index contributed by atoms with van der Waals surface area (Å²) in [5, 5.41) is 12.1. The molecule has 4 nitrogen and oxygen atoms in total. The molecule has 4 heteroatoms. The molecule has 0 bridgehead atoms. The first-order valence-electron chi connectivity index (χ1n) is 6.24. The first-order valence-corrected chi connectivity index (χ1v) is 6.24. The van der Waals surface area contributed by atoms with Crippen molar-refractivity contribution in [3.63, 3.8) is 0 Å². The Morgan fingerprint density at radius 2 is 2.24 bits per heavy atom. The largest absolute Gasteiger partial charge is 0.396 e. The normalized spacial score (nSPS) is 12.6. The highest BCUT2D eigenvalue weighted by molar-refractivity contribution is 5.25. The number of nitrogens with two attached hydrogens (primary N) is 1. The molecule has 0 aliphatic heterocycles. The number of nitrogens with one attached hydrogen (secondary N) is 1. The number of unbranched alkanes of at least 4 members (excludes halogenated alkanes) is 2. The molecule has 17 heavy (non-hydrogen) atoms. The molecule has 0 radical (unpaired) electrons. The Labute approximate surface area is 103 Å². The van der Waals surface area contributed by atoms with Gasteiger partial charge >= 0.3 is 0 Å². The molecule has 0 aliphatic carbocycles. The van der Waals surface area contributed by atoms with Crippen molar-refractivity contribution >= 4 is 0 Å². The van der Waals surface area contributed by atoms with E-state index in [-0.39, 0.29) is 12.6 Å². The molecule has 0 amide bonds. The van der Waals surface area contributed by atoms with Gasteiger partial charge in [0.15, 0.2) is 0 Å². The Morgan fingerprint density at radius 1 is 1.41 bits per heavy atom. The minimum atomic E-state index is 0.179. The van der Waals surface area contributed by atoms with E-state index in [4.69, 9.17) is 10.8 Å². The number of aliphatic hydroxyl groups is 1. The van der Waals surface area contributed by atoms with Crippen LogP contribution in [0, 0.1) is 6.92 Å². The van der Waals surface area contributed by atoms with Crippen LogP contribution in [-0.4, -0.2) is 29.8 Å².